The van der Waals surface area contributed by atoms with Crippen LogP contribution in [0.1, 0.15) is 13.3 Å². The van der Waals surface area contributed by atoms with Gasteiger partial charge >= 0.3 is 0 Å². The number of hydrogen-bond acceptors (Lipinski definition) is 8. The molecular weight excluding hydrogens is 344 g/mol. The SMILES string of the molecule is CCn1cnc2c(N3CCCN(c4nccn5cnnc45)CC3)ncnc21. The summed E-state index contributed by atoms with van der Waals surface area (Å²) >= 11 is 0. The van der Waals surface area contributed by atoms with Gasteiger partial charge in [-0.25, -0.2) is 19.9 Å². The highest BCUT2D eigenvalue weighted by Crippen LogP contribution is 2.24. The van der Waals surface area contributed by atoms with E-state index in [9.17, 15) is 0 Å². The Bertz CT molecular complexity index is 1080. The summed E-state index contributed by atoms with van der Waals surface area (Å²) in [5.41, 5.74) is 2.54. The second kappa shape index (κ2) is 6.45. The molecule has 0 N–H and O–H groups in total. The molecule has 4 aromatic rings. The minimum atomic E-state index is 0.789. The van der Waals surface area contributed by atoms with Gasteiger partial charge in [0.05, 0.1) is 6.33 Å². The van der Waals surface area contributed by atoms with Gasteiger partial charge in [0.1, 0.15) is 12.7 Å². The molecule has 4 aromatic heterocycles. The fourth-order valence-electron chi connectivity index (χ4n) is 3.64. The van der Waals surface area contributed by atoms with Crippen LogP contribution in [0.4, 0.5) is 11.6 Å². The smallest absolute Gasteiger partial charge is 0.203 e. The van der Waals surface area contributed by atoms with Gasteiger partial charge in [-0.3, -0.25) is 4.40 Å². The first-order chi connectivity index (χ1) is 13.3. The van der Waals surface area contributed by atoms with Crippen LogP contribution < -0.4 is 9.80 Å². The standard InChI is InChI=1S/C17H20N10/c1-2-24-11-21-13-14(24)19-10-20-15(13)25-5-3-6-26(9-8-25)16-17-23-22-12-27(17)7-4-18-16/h4,7,10-12H,2-3,5-6,8-9H2,1H3. The van der Waals surface area contributed by atoms with E-state index in [-0.39, 0.29) is 0 Å². The molecule has 0 bridgehead atoms. The van der Waals surface area contributed by atoms with Gasteiger partial charge in [0.25, 0.3) is 0 Å². The van der Waals surface area contributed by atoms with Crippen LogP contribution in [0.25, 0.3) is 16.8 Å². The Morgan fingerprint density at radius 1 is 0.889 bits per heavy atom. The molecule has 1 saturated heterocycles. The molecule has 0 saturated carbocycles. The van der Waals surface area contributed by atoms with Crippen molar-refractivity contribution in [3.05, 3.63) is 31.4 Å². The fraction of sp³-hybridized carbons (Fsp3) is 0.412. The molecule has 0 atom stereocenters. The van der Waals surface area contributed by atoms with E-state index in [4.69, 9.17) is 0 Å². The highest BCUT2D eigenvalue weighted by molar-refractivity contribution is 5.83. The zero-order valence-corrected chi connectivity index (χ0v) is 15.1. The van der Waals surface area contributed by atoms with Crippen molar-refractivity contribution in [2.24, 2.45) is 0 Å². The zero-order valence-electron chi connectivity index (χ0n) is 15.1. The van der Waals surface area contributed by atoms with Gasteiger partial charge in [-0.05, 0) is 13.3 Å². The van der Waals surface area contributed by atoms with E-state index in [1.165, 1.54) is 0 Å². The van der Waals surface area contributed by atoms with Crippen LogP contribution >= 0.6 is 0 Å². The second-order valence-corrected chi connectivity index (χ2v) is 6.54. The maximum absolute atomic E-state index is 4.56. The average molecular weight is 364 g/mol. The van der Waals surface area contributed by atoms with Crippen molar-refractivity contribution >= 4 is 28.4 Å². The number of imidazole rings is 1. The van der Waals surface area contributed by atoms with E-state index in [1.54, 1.807) is 18.9 Å². The van der Waals surface area contributed by atoms with Crippen molar-refractivity contribution in [1.29, 1.82) is 0 Å². The lowest BCUT2D eigenvalue weighted by Crippen LogP contribution is -2.32. The molecule has 10 nitrogen and oxygen atoms in total. The Kier molecular flexibility index (Phi) is 3.80. The van der Waals surface area contributed by atoms with E-state index >= 15 is 0 Å². The summed E-state index contributed by atoms with van der Waals surface area (Å²) in [6.07, 6.45) is 9.82. The van der Waals surface area contributed by atoms with E-state index in [1.807, 2.05) is 21.5 Å². The lowest BCUT2D eigenvalue weighted by atomic mass is 10.3. The summed E-state index contributed by atoms with van der Waals surface area (Å²) in [7, 11) is 0. The molecule has 0 aromatic carbocycles. The normalized spacial score (nSPS) is 15.6. The predicted octanol–water partition coefficient (Wildman–Crippen LogP) is 1.00. The topological polar surface area (TPSA) is 93.2 Å². The molecule has 0 spiro atoms. The van der Waals surface area contributed by atoms with Gasteiger partial charge in [0, 0.05) is 45.1 Å². The van der Waals surface area contributed by atoms with Crippen molar-refractivity contribution < 1.29 is 0 Å². The summed E-state index contributed by atoms with van der Waals surface area (Å²) in [6, 6.07) is 0. The monoisotopic (exact) mass is 364 g/mol. The Morgan fingerprint density at radius 3 is 2.59 bits per heavy atom. The first-order valence-corrected chi connectivity index (χ1v) is 9.15. The number of nitrogens with zero attached hydrogens (tertiary/aromatic N) is 10. The molecule has 10 heteroatoms. The summed E-state index contributed by atoms with van der Waals surface area (Å²) in [6.45, 7) is 6.42. The minimum absolute atomic E-state index is 0.789. The lowest BCUT2D eigenvalue weighted by Gasteiger charge is -2.23. The van der Waals surface area contributed by atoms with Crippen LogP contribution in [0.15, 0.2) is 31.4 Å². The van der Waals surface area contributed by atoms with E-state index < -0.39 is 0 Å². The Morgan fingerprint density at radius 2 is 1.74 bits per heavy atom. The average Bonchev–Trinajstić information content (AvgIpc) is 3.28. The second-order valence-electron chi connectivity index (χ2n) is 6.54. The molecule has 5 rings (SSSR count). The molecule has 0 aliphatic carbocycles. The van der Waals surface area contributed by atoms with Gasteiger partial charge in [0.2, 0.25) is 5.65 Å². The summed E-state index contributed by atoms with van der Waals surface area (Å²) in [5.74, 6) is 1.78. The van der Waals surface area contributed by atoms with Crippen LogP contribution in [-0.2, 0) is 6.54 Å². The number of rotatable bonds is 3. The summed E-state index contributed by atoms with van der Waals surface area (Å²) in [5, 5.41) is 8.21. The minimum Gasteiger partial charge on any atom is -0.353 e. The Hall–Kier alpha value is -3.30. The zero-order chi connectivity index (χ0) is 18.2. The summed E-state index contributed by atoms with van der Waals surface area (Å²) in [4.78, 5) is 22.6. The molecule has 1 fully saturated rings. The highest BCUT2D eigenvalue weighted by Gasteiger charge is 2.22. The highest BCUT2D eigenvalue weighted by atomic mass is 15.3. The van der Waals surface area contributed by atoms with Crippen molar-refractivity contribution in [1.82, 2.24) is 39.1 Å². The van der Waals surface area contributed by atoms with Gasteiger partial charge in [-0.15, -0.1) is 10.2 Å². The largest absolute Gasteiger partial charge is 0.353 e. The Balaban J connectivity index is 1.44. The molecule has 1 aliphatic heterocycles. The van der Waals surface area contributed by atoms with Gasteiger partial charge in [-0.1, -0.05) is 0 Å². The van der Waals surface area contributed by atoms with E-state index in [0.29, 0.717) is 0 Å². The third-order valence-electron chi connectivity index (χ3n) is 5.01. The van der Waals surface area contributed by atoms with Crippen LogP contribution in [0.2, 0.25) is 0 Å². The number of aryl methyl sites for hydroxylation is 1. The van der Waals surface area contributed by atoms with Crippen molar-refractivity contribution in [2.45, 2.75) is 19.9 Å². The number of aromatic nitrogens is 8. The van der Waals surface area contributed by atoms with Crippen LogP contribution in [0.5, 0.6) is 0 Å². The predicted molar refractivity (Wildman–Crippen MR) is 101 cm³/mol. The van der Waals surface area contributed by atoms with Crippen LogP contribution in [-0.4, -0.2) is 65.3 Å². The molecule has 0 radical (unpaired) electrons. The van der Waals surface area contributed by atoms with Crippen molar-refractivity contribution in [2.75, 3.05) is 36.0 Å². The summed E-state index contributed by atoms with van der Waals surface area (Å²) < 4.78 is 3.94. The fourth-order valence-corrected chi connectivity index (χ4v) is 3.64. The molecule has 138 valence electrons. The van der Waals surface area contributed by atoms with E-state index in [2.05, 4.69) is 46.9 Å². The maximum Gasteiger partial charge on any atom is 0.203 e. The Labute approximate surface area is 155 Å². The molecule has 0 unspecified atom stereocenters. The molecule has 0 amide bonds. The molecule has 5 heterocycles. The van der Waals surface area contributed by atoms with Crippen molar-refractivity contribution in [3.8, 4) is 0 Å². The number of fused-ring (bicyclic) bond motifs is 2. The molecule has 27 heavy (non-hydrogen) atoms. The van der Waals surface area contributed by atoms with Crippen molar-refractivity contribution in [3.63, 3.8) is 0 Å². The molecule has 1 aliphatic rings. The van der Waals surface area contributed by atoms with Crippen LogP contribution in [0.3, 0.4) is 0 Å². The van der Waals surface area contributed by atoms with Crippen LogP contribution in [0, 0.1) is 0 Å². The van der Waals surface area contributed by atoms with E-state index in [0.717, 1.165) is 67.6 Å². The number of anilines is 2. The third kappa shape index (κ3) is 2.64. The first kappa shape index (κ1) is 15.9. The van der Waals surface area contributed by atoms with Gasteiger partial charge in [-0.2, -0.15) is 0 Å². The van der Waals surface area contributed by atoms with Gasteiger partial charge in [0.15, 0.2) is 22.8 Å². The maximum atomic E-state index is 4.56. The lowest BCUT2D eigenvalue weighted by molar-refractivity contribution is 0.775. The van der Waals surface area contributed by atoms with Gasteiger partial charge < -0.3 is 14.4 Å². The number of hydrogen-bond donors (Lipinski definition) is 0. The third-order valence-corrected chi connectivity index (χ3v) is 5.01. The first-order valence-electron chi connectivity index (χ1n) is 9.15. The molecular formula is C17H20N10. The quantitative estimate of drug-likeness (QED) is 0.532.